The van der Waals surface area contributed by atoms with E-state index in [4.69, 9.17) is 0 Å². The Morgan fingerprint density at radius 1 is 1.33 bits per heavy atom. The zero-order valence-electron chi connectivity index (χ0n) is 12.7. The van der Waals surface area contributed by atoms with Crippen LogP contribution in [0.3, 0.4) is 0 Å². The SMILES string of the molecule is CC(C)Cn1ncnc1CC(O)c1cccc(C2CC2)c1. The molecule has 1 fully saturated rings. The number of nitrogens with zero attached hydrogens (tertiary/aromatic N) is 3. The second-order valence-electron chi connectivity index (χ2n) is 6.42. The van der Waals surface area contributed by atoms with Crippen molar-refractivity contribution >= 4 is 0 Å². The summed E-state index contributed by atoms with van der Waals surface area (Å²) in [5.41, 5.74) is 2.34. The summed E-state index contributed by atoms with van der Waals surface area (Å²) in [7, 11) is 0. The topological polar surface area (TPSA) is 50.9 Å². The molecule has 4 heteroatoms. The summed E-state index contributed by atoms with van der Waals surface area (Å²) in [4.78, 5) is 4.30. The third kappa shape index (κ3) is 3.50. The van der Waals surface area contributed by atoms with Crippen molar-refractivity contribution in [3.63, 3.8) is 0 Å². The zero-order valence-corrected chi connectivity index (χ0v) is 12.7. The molecule has 0 saturated heterocycles. The molecule has 1 aliphatic rings. The molecule has 0 amide bonds. The van der Waals surface area contributed by atoms with E-state index in [-0.39, 0.29) is 0 Å². The number of rotatable bonds is 6. The Balaban J connectivity index is 1.72. The van der Waals surface area contributed by atoms with Crippen molar-refractivity contribution in [2.45, 2.75) is 51.7 Å². The first-order valence-electron chi connectivity index (χ1n) is 7.78. The third-order valence-electron chi connectivity index (χ3n) is 3.95. The van der Waals surface area contributed by atoms with Crippen LogP contribution in [-0.2, 0) is 13.0 Å². The van der Waals surface area contributed by atoms with Gasteiger partial charge in [-0.1, -0.05) is 38.1 Å². The lowest BCUT2D eigenvalue weighted by Crippen LogP contribution is -2.13. The minimum atomic E-state index is -0.515. The average Bonchev–Trinajstić information content (AvgIpc) is 3.23. The smallest absolute Gasteiger partial charge is 0.138 e. The van der Waals surface area contributed by atoms with E-state index in [0.29, 0.717) is 18.3 Å². The lowest BCUT2D eigenvalue weighted by molar-refractivity contribution is 0.173. The van der Waals surface area contributed by atoms with Crippen LogP contribution in [0.25, 0.3) is 0 Å². The number of aliphatic hydroxyl groups excluding tert-OH is 1. The number of hydrogen-bond acceptors (Lipinski definition) is 3. The Morgan fingerprint density at radius 2 is 2.14 bits per heavy atom. The van der Waals surface area contributed by atoms with Gasteiger partial charge in [-0.25, -0.2) is 9.67 Å². The molecule has 0 radical (unpaired) electrons. The molecule has 1 saturated carbocycles. The van der Waals surface area contributed by atoms with Gasteiger partial charge in [-0.15, -0.1) is 0 Å². The van der Waals surface area contributed by atoms with Gasteiger partial charge in [0, 0.05) is 13.0 Å². The quantitative estimate of drug-likeness (QED) is 0.887. The molecule has 4 nitrogen and oxygen atoms in total. The van der Waals surface area contributed by atoms with E-state index in [2.05, 4.69) is 36.1 Å². The predicted octanol–water partition coefficient (Wildman–Crippen LogP) is 3.09. The van der Waals surface area contributed by atoms with Crippen molar-refractivity contribution in [1.82, 2.24) is 14.8 Å². The molecule has 2 aromatic rings. The van der Waals surface area contributed by atoms with E-state index in [9.17, 15) is 5.11 Å². The molecule has 21 heavy (non-hydrogen) atoms. The zero-order chi connectivity index (χ0) is 14.8. The fourth-order valence-electron chi connectivity index (χ4n) is 2.67. The number of benzene rings is 1. The molecule has 0 aliphatic heterocycles. The number of hydrogen-bond donors (Lipinski definition) is 1. The van der Waals surface area contributed by atoms with Crippen molar-refractivity contribution < 1.29 is 5.11 Å². The standard InChI is InChI=1S/C17H23N3O/c1-12(2)10-20-17(18-11-19-20)9-16(21)15-5-3-4-14(8-15)13-6-7-13/h3-5,8,11-13,16,21H,6-7,9-10H2,1-2H3. The van der Waals surface area contributed by atoms with Crippen molar-refractivity contribution in [3.8, 4) is 0 Å². The number of aliphatic hydroxyl groups is 1. The molecule has 0 bridgehead atoms. The van der Waals surface area contributed by atoms with Crippen LogP contribution in [0.2, 0.25) is 0 Å². The van der Waals surface area contributed by atoms with Gasteiger partial charge in [-0.05, 0) is 35.8 Å². The van der Waals surface area contributed by atoms with Gasteiger partial charge in [0.15, 0.2) is 0 Å². The lowest BCUT2D eigenvalue weighted by atomic mass is 10.0. The first-order chi connectivity index (χ1) is 10.1. The maximum atomic E-state index is 10.5. The molecule has 1 aliphatic carbocycles. The summed E-state index contributed by atoms with van der Waals surface area (Å²) in [6, 6.07) is 8.35. The van der Waals surface area contributed by atoms with Crippen LogP contribution in [0, 0.1) is 5.92 Å². The van der Waals surface area contributed by atoms with Crippen molar-refractivity contribution in [2.24, 2.45) is 5.92 Å². The normalized spacial score (nSPS) is 16.4. The van der Waals surface area contributed by atoms with E-state index >= 15 is 0 Å². The summed E-state index contributed by atoms with van der Waals surface area (Å²) in [5.74, 6) is 2.08. The highest BCUT2D eigenvalue weighted by Crippen LogP contribution is 2.40. The third-order valence-corrected chi connectivity index (χ3v) is 3.95. The second-order valence-corrected chi connectivity index (χ2v) is 6.42. The fraction of sp³-hybridized carbons (Fsp3) is 0.529. The molecule has 112 valence electrons. The molecule has 1 N–H and O–H groups in total. The minimum Gasteiger partial charge on any atom is -0.388 e. The minimum absolute atomic E-state index is 0.515. The molecule has 3 rings (SSSR count). The summed E-state index contributed by atoms with van der Waals surface area (Å²) in [6.07, 6.45) is 4.13. The van der Waals surface area contributed by atoms with Crippen LogP contribution in [0.4, 0.5) is 0 Å². The van der Waals surface area contributed by atoms with Gasteiger partial charge < -0.3 is 5.11 Å². The van der Waals surface area contributed by atoms with E-state index in [1.807, 2.05) is 16.8 Å². The first-order valence-corrected chi connectivity index (χ1v) is 7.78. The fourth-order valence-corrected chi connectivity index (χ4v) is 2.67. The van der Waals surface area contributed by atoms with Gasteiger partial charge in [0.25, 0.3) is 0 Å². The molecular weight excluding hydrogens is 262 g/mol. The van der Waals surface area contributed by atoms with Crippen molar-refractivity contribution in [2.75, 3.05) is 0 Å². The highest BCUT2D eigenvalue weighted by atomic mass is 16.3. The molecule has 1 aromatic heterocycles. The summed E-state index contributed by atoms with van der Waals surface area (Å²) < 4.78 is 1.90. The maximum Gasteiger partial charge on any atom is 0.138 e. The molecule has 1 atom stereocenters. The second kappa shape index (κ2) is 5.98. The Hall–Kier alpha value is -1.68. The van der Waals surface area contributed by atoms with Gasteiger partial charge in [0.2, 0.25) is 0 Å². The maximum absolute atomic E-state index is 10.5. The molecular formula is C17H23N3O. The highest BCUT2D eigenvalue weighted by molar-refractivity contribution is 5.30. The summed E-state index contributed by atoms with van der Waals surface area (Å²) >= 11 is 0. The highest BCUT2D eigenvalue weighted by Gasteiger charge is 2.24. The van der Waals surface area contributed by atoms with E-state index < -0.39 is 6.10 Å². The monoisotopic (exact) mass is 285 g/mol. The van der Waals surface area contributed by atoms with Crippen LogP contribution in [0.1, 0.15) is 55.7 Å². The lowest BCUT2D eigenvalue weighted by Gasteiger charge is -2.14. The Bertz CT molecular complexity index is 602. The molecule has 1 heterocycles. The predicted molar refractivity (Wildman–Crippen MR) is 81.9 cm³/mol. The Morgan fingerprint density at radius 3 is 2.86 bits per heavy atom. The number of aromatic nitrogens is 3. The Labute approximate surface area is 125 Å². The van der Waals surface area contributed by atoms with Crippen molar-refractivity contribution in [1.29, 1.82) is 0 Å². The summed E-state index contributed by atoms with van der Waals surface area (Å²) in [5, 5.41) is 14.7. The molecule has 1 unspecified atom stereocenters. The van der Waals surface area contributed by atoms with Gasteiger partial charge in [0.1, 0.15) is 12.2 Å². The average molecular weight is 285 g/mol. The Kier molecular flexibility index (Phi) is 4.06. The van der Waals surface area contributed by atoms with Gasteiger partial charge in [-0.3, -0.25) is 0 Å². The van der Waals surface area contributed by atoms with Gasteiger partial charge in [-0.2, -0.15) is 5.10 Å². The molecule has 0 spiro atoms. The summed E-state index contributed by atoms with van der Waals surface area (Å²) in [6.45, 7) is 5.15. The van der Waals surface area contributed by atoms with Gasteiger partial charge in [0.05, 0.1) is 6.10 Å². The van der Waals surface area contributed by atoms with E-state index in [1.54, 1.807) is 6.33 Å². The van der Waals surface area contributed by atoms with Crippen LogP contribution in [-0.4, -0.2) is 19.9 Å². The van der Waals surface area contributed by atoms with E-state index in [1.165, 1.54) is 18.4 Å². The van der Waals surface area contributed by atoms with Gasteiger partial charge >= 0.3 is 0 Å². The van der Waals surface area contributed by atoms with Crippen molar-refractivity contribution in [3.05, 3.63) is 47.5 Å². The van der Waals surface area contributed by atoms with E-state index in [0.717, 1.165) is 17.9 Å². The van der Waals surface area contributed by atoms with Crippen LogP contribution < -0.4 is 0 Å². The molecule has 1 aromatic carbocycles. The largest absolute Gasteiger partial charge is 0.388 e. The van der Waals surface area contributed by atoms with Crippen LogP contribution in [0.5, 0.6) is 0 Å². The first kappa shape index (κ1) is 14.3. The van der Waals surface area contributed by atoms with Crippen LogP contribution >= 0.6 is 0 Å². The van der Waals surface area contributed by atoms with Crippen LogP contribution in [0.15, 0.2) is 30.6 Å².